The Kier molecular flexibility index (Phi) is 5.50. The van der Waals surface area contributed by atoms with Gasteiger partial charge in [0.05, 0.1) is 18.8 Å². The topological polar surface area (TPSA) is 18.5 Å². The van der Waals surface area contributed by atoms with Crippen LogP contribution in [0, 0.1) is 5.92 Å². The van der Waals surface area contributed by atoms with Crippen LogP contribution in [0.4, 0.5) is 0 Å². The Hall–Kier alpha value is -0.860. The summed E-state index contributed by atoms with van der Waals surface area (Å²) in [6, 6.07) is 10.2. The van der Waals surface area contributed by atoms with Gasteiger partial charge < -0.3 is 9.47 Å². The summed E-state index contributed by atoms with van der Waals surface area (Å²) in [4.78, 5) is 0. The lowest BCUT2D eigenvalue weighted by Gasteiger charge is -2.26. The zero-order valence-electron chi connectivity index (χ0n) is 10.6. The monoisotopic (exact) mass is 222 g/mol. The number of ether oxygens (including phenoxy) is 2. The van der Waals surface area contributed by atoms with Crippen LogP contribution in [0.1, 0.15) is 26.3 Å². The quantitative estimate of drug-likeness (QED) is 0.735. The third-order valence-electron chi connectivity index (χ3n) is 2.78. The Morgan fingerprint density at radius 3 is 2.19 bits per heavy atom. The fourth-order valence-electron chi connectivity index (χ4n) is 1.77. The first kappa shape index (κ1) is 13.2. The molecule has 0 aliphatic heterocycles. The first-order valence-electron chi connectivity index (χ1n) is 5.83. The number of hydrogen-bond acceptors (Lipinski definition) is 2. The van der Waals surface area contributed by atoms with E-state index in [-0.39, 0.29) is 12.2 Å². The third kappa shape index (κ3) is 3.95. The van der Waals surface area contributed by atoms with Gasteiger partial charge >= 0.3 is 0 Å². The maximum absolute atomic E-state index is 5.92. The van der Waals surface area contributed by atoms with Crippen LogP contribution in [0.3, 0.4) is 0 Å². The van der Waals surface area contributed by atoms with Crippen molar-refractivity contribution in [3.8, 4) is 0 Å². The van der Waals surface area contributed by atoms with E-state index in [0.717, 1.165) is 0 Å². The van der Waals surface area contributed by atoms with E-state index in [1.807, 2.05) is 18.2 Å². The highest BCUT2D eigenvalue weighted by molar-refractivity contribution is 5.13. The predicted molar refractivity (Wildman–Crippen MR) is 66.3 cm³/mol. The highest BCUT2D eigenvalue weighted by Crippen LogP contribution is 2.15. The van der Waals surface area contributed by atoms with Gasteiger partial charge in [-0.1, -0.05) is 44.2 Å². The Bertz CT molecular complexity index is 282. The minimum atomic E-state index is 0.128. The van der Waals surface area contributed by atoms with E-state index in [2.05, 4.69) is 32.9 Å². The summed E-state index contributed by atoms with van der Waals surface area (Å²) >= 11 is 0. The average molecular weight is 222 g/mol. The van der Waals surface area contributed by atoms with Gasteiger partial charge in [-0.3, -0.25) is 0 Å². The van der Waals surface area contributed by atoms with Gasteiger partial charge in [0.2, 0.25) is 0 Å². The Morgan fingerprint density at radius 2 is 1.69 bits per heavy atom. The molecular formula is C14H22O2. The van der Waals surface area contributed by atoms with Crippen molar-refractivity contribution in [1.29, 1.82) is 0 Å². The van der Waals surface area contributed by atoms with Crippen molar-refractivity contribution >= 4 is 0 Å². The number of hydrogen-bond donors (Lipinski definition) is 0. The lowest BCUT2D eigenvalue weighted by Crippen LogP contribution is -2.32. The molecule has 1 rings (SSSR count). The van der Waals surface area contributed by atoms with Gasteiger partial charge in [-0.15, -0.1) is 0 Å². The lowest BCUT2D eigenvalue weighted by atomic mass is 10.0. The van der Waals surface area contributed by atoms with Crippen LogP contribution < -0.4 is 0 Å². The van der Waals surface area contributed by atoms with Crippen LogP contribution in [0.5, 0.6) is 0 Å². The number of benzene rings is 1. The van der Waals surface area contributed by atoms with Crippen molar-refractivity contribution in [3.05, 3.63) is 35.9 Å². The fourth-order valence-corrected chi connectivity index (χ4v) is 1.77. The number of methoxy groups -OCH3 is 1. The highest BCUT2D eigenvalue weighted by Gasteiger charge is 2.21. The van der Waals surface area contributed by atoms with E-state index < -0.39 is 0 Å². The largest absolute Gasteiger partial charge is 0.379 e. The van der Waals surface area contributed by atoms with Gasteiger partial charge in [0.25, 0.3) is 0 Å². The van der Waals surface area contributed by atoms with E-state index in [9.17, 15) is 0 Å². The Balaban J connectivity index is 2.50. The van der Waals surface area contributed by atoms with Crippen LogP contribution in [0.25, 0.3) is 0 Å². The van der Waals surface area contributed by atoms with Gasteiger partial charge in [-0.05, 0) is 18.4 Å². The third-order valence-corrected chi connectivity index (χ3v) is 2.78. The zero-order chi connectivity index (χ0) is 12.0. The van der Waals surface area contributed by atoms with E-state index in [0.29, 0.717) is 12.5 Å². The molecule has 0 N–H and O–H groups in total. The van der Waals surface area contributed by atoms with Crippen molar-refractivity contribution in [2.24, 2.45) is 5.92 Å². The van der Waals surface area contributed by atoms with Gasteiger partial charge in [0.15, 0.2) is 0 Å². The minimum absolute atomic E-state index is 0.128. The smallest absolute Gasteiger partial charge is 0.0861 e. The predicted octanol–water partition coefficient (Wildman–Crippen LogP) is 3.26. The van der Waals surface area contributed by atoms with Gasteiger partial charge in [0, 0.05) is 7.11 Å². The maximum atomic E-state index is 5.92. The molecule has 0 aliphatic carbocycles. The highest BCUT2D eigenvalue weighted by atomic mass is 16.5. The molecule has 2 atom stereocenters. The number of rotatable bonds is 6. The molecule has 0 saturated carbocycles. The first-order valence-corrected chi connectivity index (χ1v) is 5.83. The van der Waals surface area contributed by atoms with E-state index in [1.54, 1.807) is 7.11 Å². The van der Waals surface area contributed by atoms with Crippen LogP contribution in [-0.4, -0.2) is 19.3 Å². The van der Waals surface area contributed by atoms with Crippen LogP contribution in [0.15, 0.2) is 30.3 Å². The summed E-state index contributed by atoms with van der Waals surface area (Å²) in [5.74, 6) is 0.457. The van der Waals surface area contributed by atoms with E-state index in [1.165, 1.54) is 5.56 Å². The Labute approximate surface area is 98.6 Å². The molecule has 90 valence electrons. The molecule has 16 heavy (non-hydrogen) atoms. The van der Waals surface area contributed by atoms with E-state index >= 15 is 0 Å². The van der Waals surface area contributed by atoms with Gasteiger partial charge in [0.1, 0.15) is 0 Å². The van der Waals surface area contributed by atoms with Crippen molar-refractivity contribution < 1.29 is 9.47 Å². The molecule has 0 saturated heterocycles. The van der Waals surface area contributed by atoms with E-state index in [4.69, 9.17) is 9.47 Å². The second-order valence-corrected chi connectivity index (χ2v) is 4.45. The van der Waals surface area contributed by atoms with Crippen molar-refractivity contribution in [3.63, 3.8) is 0 Å². The minimum Gasteiger partial charge on any atom is -0.379 e. The van der Waals surface area contributed by atoms with Crippen LogP contribution in [0.2, 0.25) is 0 Å². The molecule has 0 heterocycles. The summed E-state index contributed by atoms with van der Waals surface area (Å²) in [7, 11) is 1.73. The fraction of sp³-hybridized carbons (Fsp3) is 0.571. The molecule has 0 aliphatic rings. The molecule has 2 nitrogen and oxygen atoms in total. The second-order valence-electron chi connectivity index (χ2n) is 4.45. The van der Waals surface area contributed by atoms with Gasteiger partial charge in [-0.2, -0.15) is 0 Å². The standard InChI is InChI=1S/C14H22O2/c1-11(2)14(12(3)15-4)16-10-13-8-6-5-7-9-13/h5-9,11-12,14H,10H2,1-4H3/t12-,14+/m0/s1. The molecule has 0 bridgehead atoms. The summed E-state index contributed by atoms with van der Waals surface area (Å²) < 4.78 is 11.3. The van der Waals surface area contributed by atoms with Gasteiger partial charge in [-0.25, -0.2) is 0 Å². The van der Waals surface area contributed by atoms with Crippen LogP contribution >= 0.6 is 0 Å². The molecule has 0 unspecified atom stereocenters. The first-order chi connectivity index (χ1) is 7.65. The lowest BCUT2D eigenvalue weighted by molar-refractivity contribution is -0.0773. The summed E-state index contributed by atoms with van der Waals surface area (Å²) in [6.07, 6.45) is 0.272. The van der Waals surface area contributed by atoms with Crippen molar-refractivity contribution in [2.75, 3.05) is 7.11 Å². The molecule has 0 aromatic heterocycles. The summed E-state index contributed by atoms with van der Waals surface area (Å²) in [6.45, 7) is 7.02. The molecule has 0 spiro atoms. The molecule has 1 aromatic rings. The van der Waals surface area contributed by atoms with Crippen molar-refractivity contribution in [2.45, 2.75) is 39.6 Å². The molecule has 0 fully saturated rings. The molecule has 0 radical (unpaired) electrons. The molecule has 0 amide bonds. The SMILES string of the molecule is CO[C@@H](C)[C@H](OCc1ccccc1)C(C)C. The van der Waals surface area contributed by atoms with Crippen LogP contribution in [-0.2, 0) is 16.1 Å². The Morgan fingerprint density at radius 1 is 1.06 bits per heavy atom. The molecule has 1 aromatic carbocycles. The normalized spacial score (nSPS) is 15.1. The average Bonchev–Trinajstić information content (AvgIpc) is 2.30. The van der Waals surface area contributed by atoms with Crippen molar-refractivity contribution in [1.82, 2.24) is 0 Å². The summed E-state index contributed by atoms with van der Waals surface area (Å²) in [5, 5.41) is 0. The zero-order valence-corrected chi connectivity index (χ0v) is 10.6. The summed E-state index contributed by atoms with van der Waals surface area (Å²) in [5.41, 5.74) is 1.21. The second kappa shape index (κ2) is 6.66. The molecular weight excluding hydrogens is 200 g/mol. The molecule has 2 heteroatoms. The maximum Gasteiger partial charge on any atom is 0.0861 e.